The molecule has 2 N–H and O–H groups in total. The normalized spacial score (nSPS) is 13.0. The van der Waals surface area contributed by atoms with Gasteiger partial charge in [-0.15, -0.1) is 0 Å². The van der Waals surface area contributed by atoms with Crippen LogP contribution in [0.1, 0.15) is 6.92 Å². The summed E-state index contributed by atoms with van der Waals surface area (Å²) < 4.78 is 16.9. The zero-order valence-corrected chi connectivity index (χ0v) is 13.9. The molecule has 0 aliphatic rings. The first-order valence-electron chi connectivity index (χ1n) is 7.23. The molecule has 0 aromatic heterocycles. The second-order valence-electron chi connectivity index (χ2n) is 5.18. The second kappa shape index (κ2) is 8.33. The molecule has 2 atom stereocenters. The fraction of sp³-hybridized carbons (Fsp3) is 0.235. The van der Waals surface area contributed by atoms with Crippen molar-refractivity contribution in [2.24, 2.45) is 0 Å². The maximum Gasteiger partial charge on any atom is 0.319 e. The van der Waals surface area contributed by atoms with Crippen LogP contribution < -0.4 is 15.4 Å². The maximum atomic E-state index is 11.9. The Morgan fingerprint density at radius 2 is 1.83 bits per heavy atom. The smallest absolute Gasteiger partial charge is 0.319 e. The largest absolute Gasteiger partial charge is 0.457 e. The molecule has 0 aliphatic heterocycles. The Morgan fingerprint density at radius 3 is 2.52 bits per heavy atom. The number of amides is 2. The number of hydrogen-bond donors (Lipinski definition) is 2. The van der Waals surface area contributed by atoms with Gasteiger partial charge in [0.1, 0.15) is 11.5 Å². The van der Waals surface area contributed by atoms with Gasteiger partial charge in [0, 0.05) is 40.6 Å². The van der Waals surface area contributed by atoms with Crippen molar-refractivity contribution in [3.05, 3.63) is 54.6 Å². The number of ether oxygens (including phenoxy) is 1. The first-order valence-corrected chi connectivity index (χ1v) is 8.96. The molecule has 23 heavy (non-hydrogen) atoms. The molecule has 0 aliphatic carbocycles. The molecule has 0 spiro atoms. The summed E-state index contributed by atoms with van der Waals surface area (Å²) in [5, 5.41) is 5.49. The third-order valence-corrected chi connectivity index (χ3v) is 3.90. The Labute approximate surface area is 138 Å². The minimum absolute atomic E-state index is 0.162. The number of para-hydroxylation sites is 1. The van der Waals surface area contributed by atoms with E-state index in [2.05, 4.69) is 10.6 Å². The van der Waals surface area contributed by atoms with E-state index in [1.54, 1.807) is 24.5 Å². The average molecular weight is 332 g/mol. The molecular formula is C17H20N2O3S. The van der Waals surface area contributed by atoms with Gasteiger partial charge in [-0.25, -0.2) is 4.79 Å². The van der Waals surface area contributed by atoms with Gasteiger partial charge in [0.15, 0.2) is 0 Å². The molecule has 0 radical (unpaired) electrons. The van der Waals surface area contributed by atoms with Crippen molar-refractivity contribution in [3.8, 4) is 11.5 Å². The van der Waals surface area contributed by atoms with Crippen LogP contribution in [-0.2, 0) is 10.8 Å². The molecule has 2 aromatic carbocycles. The third-order valence-electron chi connectivity index (χ3n) is 2.93. The van der Waals surface area contributed by atoms with E-state index in [0.29, 0.717) is 17.2 Å². The van der Waals surface area contributed by atoms with E-state index in [1.165, 1.54) is 0 Å². The fourth-order valence-corrected chi connectivity index (χ4v) is 2.83. The average Bonchev–Trinajstić information content (AvgIpc) is 2.47. The van der Waals surface area contributed by atoms with Crippen LogP contribution in [0.25, 0.3) is 0 Å². The summed E-state index contributed by atoms with van der Waals surface area (Å²) in [6.45, 7) is 1.82. The summed E-state index contributed by atoms with van der Waals surface area (Å²) in [5.74, 6) is 1.79. The van der Waals surface area contributed by atoms with Crippen molar-refractivity contribution < 1.29 is 13.7 Å². The monoisotopic (exact) mass is 332 g/mol. The van der Waals surface area contributed by atoms with E-state index in [9.17, 15) is 9.00 Å². The molecular weight excluding hydrogens is 312 g/mol. The lowest BCUT2D eigenvalue weighted by molar-refractivity contribution is 0.250. The predicted octanol–water partition coefficient (Wildman–Crippen LogP) is 3.37. The number of benzene rings is 2. The van der Waals surface area contributed by atoms with Crippen LogP contribution in [0, 0.1) is 0 Å². The number of urea groups is 1. The minimum Gasteiger partial charge on any atom is -0.457 e. The highest BCUT2D eigenvalue weighted by Crippen LogP contribution is 2.23. The van der Waals surface area contributed by atoms with Crippen LogP contribution in [0.15, 0.2) is 54.6 Å². The molecule has 0 saturated heterocycles. The van der Waals surface area contributed by atoms with Gasteiger partial charge >= 0.3 is 6.03 Å². The molecule has 5 nitrogen and oxygen atoms in total. The molecule has 2 aromatic rings. The molecule has 2 rings (SSSR count). The number of anilines is 1. The van der Waals surface area contributed by atoms with E-state index >= 15 is 0 Å². The van der Waals surface area contributed by atoms with Crippen molar-refractivity contribution in [2.45, 2.75) is 13.0 Å². The van der Waals surface area contributed by atoms with Crippen LogP contribution in [0.3, 0.4) is 0 Å². The van der Waals surface area contributed by atoms with Crippen LogP contribution in [0.5, 0.6) is 11.5 Å². The lowest BCUT2D eigenvalue weighted by Gasteiger charge is -2.14. The zero-order valence-electron chi connectivity index (χ0n) is 13.1. The van der Waals surface area contributed by atoms with Crippen LogP contribution in [-0.4, -0.2) is 28.3 Å². The van der Waals surface area contributed by atoms with Gasteiger partial charge in [0.2, 0.25) is 0 Å². The Morgan fingerprint density at radius 1 is 1.13 bits per heavy atom. The number of carbonyl (C=O) groups excluding carboxylic acids is 1. The van der Waals surface area contributed by atoms with Crippen molar-refractivity contribution in [1.29, 1.82) is 0 Å². The van der Waals surface area contributed by atoms with Gasteiger partial charge < -0.3 is 15.4 Å². The lowest BCUT2D eigenvalue weighted by Crippen LogP contribution is -2.39. The molecule has 0 heterocycles. The number of hydrogen-bond acceptors (Lipinski definition) is 3. The van der Waals surface area contributed by atoms with Gasteiger partial charge in [-0.3, -0.25) is 4.21 Å². The summed E-state index contributed by atoms with van der Waals surface area (Å²) in [5.41, 5.74) is 0.626. The fourth-order valence-electron chi connectivity index (χ4n) is 2.05. The van der Waals surface area contributed by atoms with Gasteiger partial charge in [-0.2, -0.15) is 0 Å². The predicted molar refractivity (Wildman–Crippen MR) is 93.5 cm³/mol. The van der Waals surface area contributed by atoms with Crippen LogP contribution in [0.2, 0.25) is 0 Å². The second-order valence-corrected chi connectivity index (χ2v) is 6.66. The molecule has 122 valence electrons. The van der Waals surface area contributed by atoms with Gasteiger partial charge in [0.05, 0.1) is 0 Å². The van der Waals surface area contributed by atoms with Crippen LogP contribution in [0.4, 0.5) is 10.5 Å². The first kappa shape index (κ1) is 17.0. The number of nitrogens with one attached hydrogen (secondary N) is 2. The summed E-state index contributed by atoms with van der Waals surface area (Å²) >= 11 is 0. The van der Waals surface area contributed by atoms with Crippen molar-refractivity contribution in [1.82, 2.24) is 5.32 Å². The first-order chi connectivity index (χ1) is 11.0. The molecule has 0 bridgehead atoms. The van der Waals surface area contributed by atoms with Gasteiger partial charge in [-0.05, 0) is 31.2 Å². The van der Waals surface area contributed by atoms with Crippen molar-refractivity contribution in [3.63, 3.8) is 0 Å². The summed E-state index contributed by atoms with van der Waals surface area (Å²) in [6.07, 6.45) is 1.61. The zero-order chi connectivity index (χ0) is 16.7. The van der Waals surface area contributed by atoms with E-state index < -0.39 is 10.8 Å². The standard InChI is InChI=1S/C17H20N2O3S/c1-13(12-23(2)21)18-17(20)19-14-7-6-10-16(11-14)22-15-8-4-3-5-9-15/h3-11,13H,12H2,1-2H3,(H2,18,19,20)/t13-,23-/m1/s1. The molecule has 0 unspecified atom stereocenters. The Kier molecular flexibility index (Phi) is 6.17. The third kappa shape index (κ3) is 6.12. The van der Waals surface area contributed by atoms with Crippen molar-refractivity contribution >= 4 is 22.5 Å². The highest BCUT2D eigenvalue weighted by atomic mass is 32.2. The molecule has 6 heteroatoms. The van der Waals surface area contributed by atoms with Crippen LogP contribution >= 0.6 is 0 Å². The topological polar surface area (TPSA) is 67.4 Å². The Bertz CT molecular complexity index is 677. The Balaban J connectivity index is 1.94. The maximum absolute atomic E-state index is 11.9. The quantitative estimate of drug-likeness (QED) is 0.852. The SMILES string of the molecule is C[C@H](C[S@@](C)=O)NC(=O)Nc1cccc(Oc2ccccc2)c1. The van der Waals surface area contributed by atoms with E-state index in [0.717, 1.165) is 5.75 Å². The summed E-state index contributed by atoms with van der Waals surface area (Å²) in [7, 11) is -0.947. The van der Waals surface area contributed by atoms with E-state index in [-0.39, 0.29) is 12.1 Å². The molecule has 0 saturated carbocycles. The summed E-state index contributed by atoms with van der Waals surface area (Å²) in [6, 6.07) is 16.1. The molecule has 2 amide bonds. The highest BCUT2D eigenvalue weighted by molar-refractivity contribution is 7.84. The number of carbonyl (C=O) groups is 1. The Hall–Kier alpha value is -2.34. The van der Waals surface area contributed by atoms with E-state index in [4.69, 9.17) is 4.74 Å². The van der Waals surface area contributed by atoms with Crippen molar-refractivity contribution in [2.75, 3.05) is 17.3 Å². The summed E-state index contributed by atoms with van der Waals surface area (Å²) in [4.78, 5) is 11.9. The highest BCUT2D eigenvalue weighted by Gasteiger charge is 2.09. The van der Waals surface area contributed by atoms with E-state index in [1.807, 2.05) is 43.3 Å². The number of rotatable bonds is 6. The molecule has 0 fully saturated rings. The minimum atomic E-state index is -0.947. The van der Waals surface area contributed by atoms with Gasteiger partial charge in [0.25, 0.3) is 0 Å². The lowest BCUT2D eigenvalue weighted by atomic mass is 10.3. The van der Waals surface area contributed by atoms with Gasteiger partial charge in [-0.1, -0.05) is 24.3 Å².